The predicted molar refractivity (Wildman–Crippen MR) is 101 cm³/mol. The Bertz CT molecular complexity index is 577. The van der Waals surface area contributed by atoms with Crippen LogP contribution < -0.4 is 0 Å². The quantitative estimate of drug-likeness (QED) is 0.508. The topological polar surface area (TPSA) is 29.5 Å². The number of carbonyl (C=O) groups excluding carboxylic acids is 1. The number of fused-ring (bicyclic) bond motifs is 2. The van der Waals surface area contributed by atoms with E-state index in [1.807, 2.05) is 13.8 Å². The van der Waals surface area contributed by atoms with Crippen molar-refractivity contribution in [3.63, 3.8) is 0 Å². The van der Waals surface area contributed by atoms with E-state index in [4.69, 9.17) is 4.74 Å². The van der Waals surface area contributed by atoms with Crippen molar-refractivity contribution in [1.29, 1.82) is 0 Å². The summed E-state index contributed by atoms with van der Waals surface area (Å²) in [4.78, 5) is 15.1. The van der Waals surface area contributed by atoms with Crippen molar-refractivity contribution in [1.82, 2.24) is 4.90 Å². The van der Waals surface area contributed by atoms with E-state index in [0.717, 1.165) is 19.3 Å². The highest BCUT2D eigenvalue weighted by atomic mass is 123. The molecule has 0 saturated carbocycles. The summed E-state index contributed by atoms with van der Waals surface area (Å²) in [7, 11) is 0. The third-order valence-corrected chi connectivity index (χ3v) is 6.05. The fraction of sp³-hybridized carbons (Fsp3) is 0.632. The van der Waals surface area contributed by atoms with Crippen LogP contribution in [0.1, 0.15) is 44.6 Å². The summed E-state index contributed by atoms with van der Waals surface area (Å²) in [5, 5.41) is 0. The Balaban J connectivity index is 1.91. The van der Waals surface area contributed by atoms with Gasteiger partial charge >= 0.3 is 5.97 Å². The lowest BCUT2D eigenvalue weighted by Gasteiger charge is -2.43. The summed E-state index contributed by atoms with van der Waals surface area (Å²) in [6.45, 7) is 3.85. The van der Waals surface area contributed by atoms with Gasteiger partial charge in [-0.3, -0.25) is 9.69 Å². The Morgan fingerprint density at radius 1 is 1.33 bits per heavy atom. The van der Waals surface area contributed by atoms with Crippen LogP contribution in [0.25, 0.3) is 0 Å². The fourth-order valence-electron chi connectivity index (χ4n) is 4.44. The summed E-state index contributed by atoms with van der Waals surface area (Å²) < 4.78 is 19.8. The van der Waals surface area contributed by atoms with Gasteiger partial charge in [-0.15, -0.1) is 0 Å². The maximum absolute atomic E-state index is 13.0. The van der Waals surface area contributed by atoms with Crippen LogP contribution in [0.5, 0.6) is 0 Å². The van der Waals surface area contributed by atoms with E-state index in [1.165, 1.54) is 9.13 Å². The molecule has 2 aliphatic rings. The number of carbonyl (C=O) groups is 1. The third kappa shape index (κ3) is 3.62. The Hall–Kier alpha value is -0.690. The standard InChI is InChI=1S/C19H25FINO2/c1-12(2)24-19(23)18-16(13-3-5-14(21)6-4-13)11-15-7-8-17(18)22(15)10-9-20/h3-6,12,15-18H,7-11H2,1-2H3/i21-4. The maximum Gasteiger partial charge on any atom is 0.311 e. The number of benzene rings is 1. The van der Waals surface area contributed by atoms with E-state index in [-0.39, 0.29) is 36.6 Å². The lowest BCUT2D eigenvalue weighted by atomic mass is 9.76. The number of nitrogens with zero attached hydrogens (tertiary/aromatic N) is 1. The van der Waals surface area contributed by atoms with E-state index in [1.54, 1.807) is 0 Å². The van der Waals surface area contributed by atoms with E-state index >= 15 is 0 Å². The molecule has 132 valence electrons. The van der Waals surface area contributed by atoms with Crippen molar-refractivity contribution in [2.24, 2.45) is 5.92 Å². The number of halogens is 2. The molecule has 5 heteroatoms. The maximum atomic E-state index is 13.0. The molecule has 0 amide bonds. The molecular formula is C19H25FINO2. The number of esters is 1. The highest BCUT2D eigenvalue weighted by Crippen LogP contribution is 2.47. The summed E-state index contributed by atoms with van der Waals surface area (Å²) in [6, 6.07) is 8.94. The third-order valence-electron chi connectivity index (χ3n) is 5.33. The van der Waals surface area contributed by atoms with E-state index in [2.05, 4.69) is 51.8 Å². The molecule has 0 spiro atoms. The Kier molecular flexibility index (Phi) is 5.80. The smallest absolute Gasteiger partial charge is 0.311 e. The van der Waals surface area contributed by atoms with Crippen LogP contribution in [-0.2, 0) is 9.53 Å². The van der Waals surface area contributed by atoms with Gasteiger partial charge in [0.15, 0.2) is 0 Å². The van der Waals surface area contributed by atoms with Crippen molar-refractivity contribution < 1.29 is 13.9 Å². The molecule has 2 bridgehead atoms. The summed E-state index contributed by atoms with van der Waals surface area (Å²) in [5.74, 6) is -0.151. The molecule has 24 heavy (non-hydrogen) atoms. The van der Waals surface area contributed by atoms with Gasteiger partial charge in [-0.25, -0.2) is 4.39 Å². The summed E-state index contributed by atoms with van der Waals surface area (Å²) in [6.07, 6.45) is 2.80. The van der Waals surface area contributed by atoms with Gasteiger partial charge in [-0.1, -0.05) is 12.1 Å². The van der Waals surface area contributed by atoms with Crippen LogP contribution in [0.2, 0.25) is 0 Å². The minimum atomic E-state index is -0.354. The van der Waals surface area contributed by atoms with Crippen LogP contribution in [0.15, 0.2) is 24.3 Å². The SMILES string of the molecule is CC(C)OC(=O)C1C(c2ccc([123I])cc2)CC2CCC1N2CCF. The lowest BCUT2D eigenvalue weighted by molar-refractivity contribution is -0.157. The number of hydrogen-bond acceptors (Lipinski definition) is 3. The van der Waals surface area contributed by atoms with E-state index in [0.29, 0.717) is 12.6 Å². The highest BCUT2D eigenvalue weighted by molar-refractivity contribution is 14.1. The molecule has 3 nitrogen and oxygen atoms in total. The molecule has 1 aromatic carbocycles. The second kappa shape index (κ2) is 7.68. The van der Waals surface area contributed by atoms with Crippen molar-refractivity contribution in [3.05, 3.63) is 33.4 Å². The monoisotopic (exact) mass is 441 g/mol. The first-order chi connectivity index (χ1) is 11.5. The second-order valence-electron chi connectivity index (χ2n) is 7.13. The van der Waals surface area contributed by atoms with Crippen molar-refractivity contribution >= 4 is 28.6 Å². The molecular weight excluding hydrogens is 416 g/mol. The number of rotatable bonds is 5. The molecule has 2 saturated heterocycles. The molecule has 0 radical (unpaired) electrons. The largest absolute Gasteiger partial charge is 0.463 e. The van der Waals surface area contributed by atoms with Crippen molar-refractivity contribution in [2.45, 2.75) is 57.2 Å². The fourth-order valence-corrected chi connectivity index (χ4v) is 4.80. The van der Waals surface area contributed by atoms with Crippen LogP contribution >= 0.6 is 22.6 Å². The summed E-state index contributed by atoms with van der Waals surface area (Å²) >= 11 is 2.30. The van der Waals surface area contributed by atoms with Gasteiger partial charge in [0, 0.05) is 28.1 Å². The second-order valence-corrected chi connectivity index (χ2v) is 8.38. The first-order valence-electron chi connectivity index (χ1n) is 8.79. The van der Waals surface area contributed by atoms with Gasteiger partial charge in [-0.05, 0) is 73.4 Å². The molecule has 2 fully saturated rings. The number of piperidine rings is 1. The average molecular weight is 441 g/mol. The predicted octanol–water partition coefficient (Wildman–Crippen LogP) is 4.15. The van der Waals surface area contributed by atoms with Crippen LogP contribution in [0.4, 0.5) is 4.39 Å². The Labute approximate surface area is 157 Å². The zero-order valence-corrected chi connectivity index (χ0v) is 16.4. The minimum Gasteiger partial charge on any atom is -0.463 e. The number of hydrogen-bond donors (Lipinski definition) is 0. The van der Waals surface area contributed by atoms with Crippen LogP contribution in [-0.4, -0.2) is 42.3 Å². The molecule has 1 aromatic rings. The van der Waals surface area contributed by atoms with Crippen molar-refractivity contribution in [2.75, 3.05) is 13.2 Å². The molecule has 0 aromatic heterocycles. The molecule has 3 rings (SSSR count). The molecule has 0 N–H and O–H groups in total. The van der Waals surface area contributed by atoms with Gasteiger partial charge in [0.25, 0.3) is 0 Å². The average Bonchev–Trinajstić information content (AvgIpc) is 2.79. The molecule has 2 heterocycles. The zero-order chi connectivity index (χ0) is 17.3. The van der Waals surface area contributed by atoms with E-state index < -0.39 is 0 Å². The summed E-state index contributed by atoms with van der Waals surface area (Å²) in [5.41, 5.74) is 1.21. The van der Waals surface area contributed by atoms with E-state index in [9.17, 15) is 9.18 Å². The Morgan fingerprint density at radius 2 is 2.04 bits per heavy atom. The van der Waals surface area contributed by atoms with Gasteiger partial charge in [0.05, 0.1) is 12.0 Å². The molecule has 0 aliphatic carbocycles. The van der Waals surface area contributed by atoms with Gasteiger partial charge < -0.3 is 4.74 Å². The van der Waals surface area contributed by atoms with Gasteiger partial charge in [0.1, 0.15) is 6.67 Å². The molecule has 2 aliphatic heterocycles. The number of ether oxygens (including phenoxy) is 1. The normalized spacial score (nSPS) is 29.9. The molecule has 4 atom stereocenters. The zero-order valence-electron chi connectivity index (χ0n) is 14.3. The van der Waals surface area contributed by atoms with Gasteiger partial charge in [-0.2, -0.15) is 0 Å². The Morgan fingerprint density at radius 3 is 2.67 bits per heavy atom. The first-order valence-corrected chi connectivity index (χ1v) is 9.86. The molecule has 4 unspecified atom stereocenters. The number of alkyl halides is 1. The van der Waals surface area contributed by atoms with Gasteiger partial charge in [0.2, 0.25) is 0 Å². The highest BCUT2D eigenvalue weighted by Gasteiger charge is 2.50. The van der Waals surface area contributed by atoms with Crippen molar-refractivity contribution in [3.8, 4) is 0 Å². The minimum absolute atomic E-state index is 0.107. The lowest BCUT2D eigenvalue weighted by Crippen LogP contribution is -2.51. The first kappa shape index (κ1) is 18.1. The van der Waals surface area contributed by atoms with Crippen LogP contribution in [0, 0.1) is 9.49 Å². The van der Waals surface area contributed by atoms with Crippen LogP contribution in [0.3, 0.4) is 0 Å².